The molecule has 1 aliphatic heterocycles. The Morgan fingerprint density at radius 1 is 1.33 bits per heavy atom. The second kappa shape index (κ2) is 6.69. The standard InChI is InChI=1S/C17H21FN2S/c1-2-19-10-13-3-4-16(18)15(9-13)12-20-7-5-17-14(11-20)6-8-21-17/h3-4,6,8-9,19H,2,5,7,10-12H2,1H3. The van der Waals surface area contributed by atoms with E-state index in [1.54, 1.807) is 6.07 Å². The number of nitrogens with one attached hydrogen (secondary N) is 1. The monoisotopic (exact) mass is 304 g/mol. The van der Waals surface area contributed by atoms with Gasteiger partial charge in [-0.25, -0.2) is 4.39 Å². The number of thiophene rings is 1. The van der Waals surface area contributed by atoms with Crippen LogP contribution in [0.5, 0.6) is 0 Å². The van der Waals surface area contributed by atoms with Crippen molar-refractivity contribution in [3.05, 3.63) is 57.0 Å². The van der Waals surface area contributed by atoms with Crippen LogP contribution in [0.1, 0.15) is 28.5 Å². The quantitative estimate of drug-likeness (QED) is 0.908. The maximum atomic E-state index is 14.0. The van der Waals surface area contributed by atoms with Crippen LogP contribution in [0.3, 0.4) is 0 Å². The predicted octanol–water partition coefficient (Wildman–Crippen LogP) is 3.56. The molecule has 4 heteroatoms. The number of nitrogens with zero attached hydrogens (tertiary/aromatic N) is 1. The third-order valence-electron chi connectivity index (χ3n) is 3.97. The number of halogens is 1. The predicted molar refractivity (Wildman–Crippen MR) is 85.9 cm³/mol. The first kappa shape index (κ1) is 14.7. The van der Waals surface area contributed by atoms with Gasteiger partial charge in [-0.2, -0.15) is 0 Å². The molecule has 0 amide bonds. The third-order valence-corrected chi connectivity index (χ3v) is 4.99. The Morgan fingerprint density at radius 2 is 2.24 bits per heavy atom. The number of hydrogen-bond donors (Lipinski definition) is 1. The van der Waals surface area contributed by atoms with Crippen LogP contribution in [0.4, 0.5) is 4.39 Å². The SMILES string of the molecule is CCNCc1ccc(F)c(CN2CCc3sccc3C2)c1. The number of benzene rings is 1. The molecule has 0 saturated heterocycles. The van der Waals surface area contributed by atoms with Gasteiger partial charge in [-0.3, -0.25) is 4.90 Å². The number of rotatable bonds is 5. The minimum Gasteiger partial charge on any atom is -0.313 e. The van der Waals surface area contributed by atoms with E-state index in [1.807, 2.05) is 23.5 Å². The van der Waals surface area contributed by atoms with Crippen LogP contribution < -0.4 is 5.32 Å². The first-order valence-electron chi connectivity index (χ1n) is 7.52. The normalized spacial score (nSPS) is 15.1. The highest BCUT2D eigenvalue weighted by atomic mass is 32.1. The molecule has 1 aromatic heterocycles. The van der Waals surface area contributed by atoms with Crippen molar-refractivity contribution >= 4 is 11.3 Å². The Balaban J connectivity index is 1.70. The van der Waals surface area contributed by atoms with Crippen LogP contribution in [-0.2, 0) is 26.1 Å². The van der Waals surface area contributed by atoms with Gasteiger partial charge in [0, 0.05) is 36.6 Å². The summed E-state index contributed by atoms with van der Waals surface area (Å²) < 4.78 is 14.0. The van der Waals surface area contributed by atoms with Gasteiger partial charge < -0.3 is 5.32 Å². The van der Waals surface area contributed by atoms with Crippen LogP contribution in [0, 0.1) is 5.82 Å². The van der Waals surface area contributed by atoms with Gasteiger partial charge in [0.2, 0.25) is 0 Å². The Morgan fingerprint density at radius 3 is 3.10 bits per heavy atom. The molecule has 0 bridgehead atoms. The number of hydrogen-bond acceptors (Lipinski definition) is 3. The summed E-state index contributed by atoms with van der Waals surface area (Å²) in [5.74, 6) is -0.0913. The fraction of sp³-hybridized carbons (Fsp3) is 0.412. The molecule has 112 valence electrons. The summed E-state index contributed by atoms with van der Waals surface area (Å²) in [6, 6.07) is 7.67. The van der Waals surface area contributed by atoms with E-state index >= 15 is 0 Å². The van der Waals surface area contributed by atoms with Crippen molar-refractivity contribution in [1.29, 1.82) is 0 Å². The van der Waals surface area contributed by atoms with Crippen molar-refractivity contribution in [3.63, 3.8) is 0 Å². The van der Waals surface area contributed by atoms with Gasteiger partial charge in [-0.1, -0.05) is 19.1 Å². The fourth-order valence-electron chi connectivity index (χ4n) is 2.81. The molecular weight excluding hydrogens is 283 g/mol. The highest BCUT2D eigenvalue weighted by Gasteiger charge is 2.18. The van der Waals surface area contributed by atoms with Gasteiger partial charge in [0.1, 0.15) is 5.82 Å². The van der Waals surface area contributed by atoms with E-state index in [-0.39, 0.29) is 5.82 Å². The lowest BCUT2D eigenvalue weighted by Gasteiger charge is -2.27. The molecule has 3 rings (SSSR count). The van der Waals surface area contributed by atoms with E-state index in [4.69, 9.17) is 0 Å². The van der Waals surface area contributed by atoms with E-state index in [9.17, 15) is 4.39 Å². The maximum absolute atomic E-state index is 14.0. The molecule has 0 radical (unpaired) electrons. The van der Waals surface area contributed by atoms with Crippen molar-refractivity contribution < 1.29 is 4.39 Å². The summed E-state index contributed by atoms with van der Waals surface area (Å²) in [5.41, 5.74) is 3.38. The molecule has 0 fully saturated rings. The van der Waals surface area contributed by atoms with Crippen LogP contribution >= 0.6 is 11.3 Å². The lowest BCUT2D eigenvalue weighted by Crippen LogP contribution is -2.29. The molecule has 0 aliphatic carbocycles. The van der Waals surface area contributed by atoms with Crippen LogP contribution in [0.15, 0.2) is 29.6 Å². The molecule has 2 aromatic rings. The zero-order valence-electron chi connectivity index (χ0n) is 12.4. The van der Waals surface area contributed by atoms with Crippen LogP contribution in [0.25, 0.3) is 0 Å². The molecule has 2 heterocycles. The highest BCUT2D eigenvalue weighted by Crippen LogP contribution is 2.25. The van der Waals surface area contributed by atoms with Gasteiger partial charge in [-0.05, 0) is 41.6 Å². The molecule has 2 nitrogen and oxygen atoms in total. The molecule has 0 unspecified atom stereocenters. The first-order chi connectivity index (χ1) is 10.3. The topological polar surface area (TPSA) is 15.3 Å². The van der Waals surface area contributed by atoms with Crippen molar-refractivity contribution in [1.82, 2.24) is 10.2 Å². The minimum atomic E-state index is -0.0913. The van der Waals surface area contributed by atoms with Crippen LogP contribution in [0.2, 0.25) is 0 Å². The maximum Gasteiger partial charge on any atom is 0.127 e. The largest absolute Gasteiger partial charge is 0.313 e. The summed E-state index contributed by atoms with van der Waals surface area (Å²) in [4.78, 5) is 3.83. The molecule has 1 aromatic carbocycles. The Bertz CT molecular complexity index is 609. The smallest absolute Gasteiger partial charge is 0.127 e. The van der Waals surface area contributed by atoms with E-state index < -0.39 is 0 Å². The minimum absolute atomic E-state index is 0.0913. The highest BCUT2D eigenvalue weighted by molar-refractivity contribution is 7.10. The molecule has 0 saturated carbocycles. The first-order valence-corrected chi connectivity index (χ1v) is 8.40. The summed E-state index contributed by atoms with van der Waals surface area (Å²) in [5, 5.41) is 5.45. The average molecular weight is 304 g/mol. The summed E-state index contributed by atoms with van der Waals surface area (Å²) >= 11 is 1.84. The van der Waals surface area contributed by atoms with Crippen molar-refractivity contribution in [3.8, 4) is 0 Å². The molecule has 1 N–H and O–H groups in total. The van der Waals surface area contributed by atoms with Gasteiger partial charge in [0.15, 0.2) is 0 Å². The van der Waals surface area contributed by atoms with Gasteiger partial charge >= 0.3 is 0 Å². The van der Waals surface area contributed by atoms with Gasteiger partial charge in [0.05, 0.1) is 0 Å². The summed E-state index contributed by atoms with van der Waals surface area (Å²) in [6.45, 7) is 6.47. The Hall–Kier alpha value is -1.23. The Labute approximate surface area is 129 Å². The Kier molecular flexibility index (Phi) is 4.68. The molecule has 21 heavy (non-hydrogen) atoms. The molecule has 0 atom stereocenters. The lowest BCUT2D eigenvalue weighted by molar-refractivity contribution is 0.244. The van der Waals surface area contributed by atoms with Crippen molar-refractivity contribution in [2.45, 2.75) is 33.0 Å². The zero-order valence-corrected chi connectivity index (χ0v) is 13.2. The van der Waals surface area contributed by atoms with Gasteiger partial charge in [0.25, 0.3) is 0 Å². The van der Waals surface area contributed by atoms with E-state index in [0.717, 1.165) is 43.7 Å². The molecule has 1 aliphatic rings. The van der Waals surface area contributed by atoms with Crippen molar-refractivity contribution in [2.24, 2.45) is 0 Å². The molecule has 0 spiro atoms. The fourth-order valence-corrected chi connectivity index (χ4v) is 3.70. The second-order valence-corrected chi connectivity index (χ2v) is 6.54. The lowest BCUT2D eigenvalue weighted by atomic mass is 10.1. The zero-order chi connectivity index (χ0) is 14.7. The second-order valence-electron chi connectivity index (χ2n) is 5.54. The van der Waals surface area contributed by atoms with E-state index in [2.05, 4.69) is 28.6 Å². The third kappa shape index (κ3) is 3.51. The molecular formula is C17H21FN2S. The van der Waals surface area contributed by atoms with E-state index in [1.165, 1.54) is 10.4 Å². The van der Waals surface area contributed by atoms with Gasteiger partial charge in [-0.15, -0.1) is 11.3 Å². The van der Waals surface area contributed by atoms with Crippen molar-refractivity contribution in [2.75, 3.05) is 13.1 Å². The average Bonchev–Trinajstić information content (AvgIpc) is 2.95. The summed E-state index contributed by atoms with van der Waals surface area (Å²) in [6.07, 6.45) is 1.09. The van der Waals surface area contributed by atoms with E-state index in [0.29, 0.717) is 6.54 Å². The van der Waals surface area contributed by atoms with Crippen LogP contribution in [-0.4, -0.2) is 18.0 Å². The summed E-state index contributed by atoms with van der Waals surface area (Å²) in [7, 11) is 0. The number of fused-ring (bicyclic) bond motifs is 1.